The van der Waals surface area contributed by atoms with Gasteiger partial charge >= 0.3 is 5.97 Å². The van der Waals surface area contributed by atoms with E-state index in [1.807, 2.05) is 0 Å². The second-order valence-corrected chi connectivity index (χ2v) is 5.32. The van der Waals surface area contributed by atoms with Crippen LogP contribution in [-0.2, 0) is 4.79 Å². The standard InChI is InChI=1S/C14H16FNO4/c1-14(13(19)20)4-6-16(7-5-14)12(18)10-8-9(15)2-3-11(10)17/h2-3,8,17H,4-7H2,1H3,(H,19,20). The zero-order valence-corrected chi connectivity index (χ0v) is 11.1. The van der Waals surface area contributed by atoms with Crippen LogP contribution in [0, 0.1) is 11.2 Å². The van der Waals surface area contributed by atoms with Crippen LogP contribution in [0.5, 0.6) is 5.75 Å². The number of carbonyl (C=O) groups is 2. The number of carbonyl (C=O) groups excluding carboxylic acids is 1. The number of aliphatic carboxylic acids is 1. The van der Waals surface area contributed by atoms with Crippen molar-refractivity contribution in [1.82, 2.24) is 4.90 Å². The van der Waals surface area contributed by atoms with Gasteiger partial charge in [-0.25, -0.2) is 4.39 Å². The summed E-state index contributed by atoms with van der Waals surface area (Å²) in [6, 6.07) is 3.19. The normalized spacial score (nSPS) is 17.8. The van der Waals surface area contributed by atoms with Gasteiger partial charge < -0.3 is 15.1 Å². The molecule has 1 aromatic carbocycles. The number of amides is 1. The Morgan fingerprint density at radius 2 is 1.90 bits per heavy atom. The van der Waals surface area contributed by atoms with Gasteiger partial charge in [0.1, 0.15) is 11.6 Å². The molecule has 0 saturated carbocycles. The van der Waals surface area contributed by atoms with E-state index in [-0.39, 0.29) is 24.4 Å². The number of aromatic hydroxyl groups is 1. The quantitative estimate of drug-likeness (QED) is 0.867. The molecule has 1 amide bonds. The van der Waals surface area contributed by atoms with E-state index in [1.54, 1.807) is 6.92 Å². The van der Waals surface area contributed by atoms with Crippen LogP contribution in [0.25, 0.3) is 0 Å². The summed E-state index contributed by atoms with van der Waals surface area (Å²) in [5.41, 5.74) is -0.926. The highest BCUT2D eigenvalue weighted by molar-refractivity contribution is 5.97. The molecule has 0 spiro atoms. The average molecular weight is 281 g/mol. The monoisotopic (exact) mass is 281 g/mol. The first-order valence-electron chi connectivity index (χ1n) is 6.35. The van der Waals surface area contributed by atoms with Crippen molar-refractivity contribution in [1.29, 1.82) is 0 Å². The van der Waals surface area contributed by atoms with E-state index in [0.29, 0.717) is 12.8 Å². The predicted octanol–water partition coefficient (Wildman–Crippen LogP) is 1.86. The average Bonchev–Trinajstić information content (AvgIpc) is 2.41. The summed E-state index contributed by atoms with van der Waals surface area (Å²) < 4.78 is 13.1. The fourth-order valence-electron chi connectivity index (χ4n) is 2.27. The number of rotatable bonds is 2. The first-order chi connectivity index (χ1) is 9.33. The summed E-state index contributed by atoms with van der Waals surface area (Å²) in [4.78, 5) is 24.8. The number of halogens is 1. The zero-order valence-electron chi connectivity index (χ0n) is 11.1. The van der Waals surface area contributed by atoms with Crippen molar-refractivity contribution in [3.05, 3.63) is 29.6 Å². The molecule has 0 aromatic heterocycles. The van der Waals surface area contributed by atoms with Crippen LogP contribution >= 0.6 is 0 Å². The van der Waals surface area contributed by atoms with Crippen molar-refractivity contribution in [3.63, 3.8) is 0 Å². The third-order valence-electron chi connectivity index (χ3n) is 3.86. The smallest absolute Gasteiger partial charge is 0.309 e. The SMILES string of the molecule is CC1(C(=O)O)CCN(C(=O)c2cc(F)ccc2O)CC1. The van der Waals surface area contributed by atoms with E-state index in [0.717, 1.165) is 18.2 Å². The van der Waals surface area contributed by atoms with E-state index in [4.69, 9.17) is 5.11 Å². The van der Waals surface area contributed by atoms with E-state index >= 15 is 0 Å². The maximum atomic E-state index is 13.1. The molecule has 1 fully saturated rings. The number of piperidine rings is 1. The van der Waals surface area contributed by atoms with Crippen LogP contribution < -0.4 is 0 Å². The number of benzene rings is 1. The molecule has 0 bridgehead atoms. The van der Waals surface area contributed by atoms with Gasteiger partial charge in [0, 0.05) is 13.1 Å². The minimum absolute atomic E-state index is 0.0936. The molecule has 1 heterocycles. The predicted molar refractivity (Wildman–Crippen MR) is 68.9 cm³/mol. The van der Waals surface area contributed by atoms with Crippen LogP contribution in [0.4, 0.5) is 4.39 Å². The van der Waals surface area contributed by atoms with Crippen molar-refractivity contribution in [3.8, 4) is 5.75 Å². The number of carboxylic acids is 1. The third-order valence-corrected chi connectivity index (χ3v) is 3.86. The maximum absolute atomic E-state index is 13.1. The first kappa shape index (κ1) is 14.3. The number of hydrogen-bond donors (Lipinski definition) is 2. The summed E-state index contributed by atoms with van der Waals surface area (Å²) >= 11 is 0. The lowest BCUT2D eigenvalue weighted by Gasteiger charge is -2.36. The molecular formula is C14H16FNO4. The van der Waals surface area contributed by atoms with Gasteiger partial charge in [0.2, 0.25) is 0 Å². The van der Waals surface area contributed by atoms with Gasteiger partial charge in [0.15, 0.2) is 0 Å². The fourth-order valence-corrected chi connectivity index (χ4v) is 2.27. The van der Waals surface area contributed by atoms with Gasteiger partial charge in [-0.1, -0.05) is 0 Å². The molecule has 1 aliphatic rings. The molecule has 0 aliphatic carbocycles. The van der Waals surface area contributed by atoms with Crippen molar-refractivity contribution in [2.24, 2.45) is 5.41 Å². The van der Waals surface area contributed by atoms with Gasteiger partial charge in [0.25, 0.3) is 5.91 Å². The van der Waals surface area contributed by atoms with Gasteiger partial charge in [-0.05, 0) is 38.0 Å². The summed E-state index contributed by atoms with van der Waals surface area (Å²) in [5.74, 6) is -2.23. The number of hydrogen-bond acceptors (Lipinski definition) is 3. The minimum atomic E-state index is -0.877. The molecule has 6 heteroatoms. The Balaban J connectivity index is 2.13. The minimum Gasteiger partial charge on any atom is -0.507 e. The first-order valence-corrected chi connectivity index (χ1v) is 6.35. The van der Waals surface area contributed by atoms with Gasteiger partial charge in [0.05, 0.1) is 11.0 Å². The molecule has 2 rings (SSSR count). The van der Waals surface area contributed by atoms with Crippen LogP contribution in [0.2, 0.25) is 0 Å². The lowest BCUT2D eigenvalue weighted by Crippen LogP contribution is -2.45. The number of carboxylic acid groups (broad SMARTS) is 1. The Morgan fingerprint density at radius 1 is 1.30 bits per heavy atom. The number of nitrogens with zero attached hydrogens (tertiary/aromatic N) is 1. The van der Waals surface area contributed by atoms with Gasteiger partial charge in [-0.2, -0.15) is 0 Å². The topological polar surface area (TPSA) is 77.8 Å². The van der Waals surface area contributed by atoms with E-state index in [2.05, 4.69) is 0 Å². The lowest BCUT2D eigenvalue weighted by molar-refractivity contribution is -0.150. The van der Waals surface area contributed by atoms with Gasteiger partial charge in [-0.15, -0.1) is 0 Å². The lowest BCUT2D eigenvalue weighted by atomic mass is 9.80. The van der Waals surface area contributed by atoms with Crippen molar-refractivity contribution in [2.45, 2.75) is 19.8 Å². The number of phenols is 1. The van der Waals surface area contributed by atoms with Crippen LogP contribution in [0.3, 0.4) is 0 Å². The van der Waals surface area contributed by atoms with Crippen LogP contribution in [-0.4, -0.2) is 40.1 Å². The molecule has 1 saturated heterocycles. The van der Waals surface area contributed by atoms with Crippen molar-refractivity contribution in [2.75, 3.05) is 13.1 Å². The summed E-state index contributed by atoms with van der Waals surface area (Å²) in [6.07, 6.45) is 0.675. The van der Waals surface area contributed by atoms with E-state index < -0.39 is 23.1 Å². The largest absolute Gasteiger partial charge is 0.507 e. The summed E-state index contributed by atoms with van der Waals surface area (Å²) in [5, 5.41) is 18.7. The highest BCUT2D eigenvalue weighted by Gasteiger charge is 2.38. The zero-order chi connectivity index (χ0) is 14.9. The molecule has 20 heavy (non-hydrogen) atoms. The molecule has 2 N–H and O–H groups in total. The van der Waals surface area contributed by atoms with Crippen molar-refractivity contribution >= 4 is 11.9 Å². The molecular weight excluding hydrogens is 265 g/mol. The Kier molecular flexibility index (Phi) is 3.65. The third kappa shape index (κ3) is 2.59. The molecule has 1 aliphatic heterocycles. The molecule has 108 valence electrons. The molecule has 0 atom stereocenters. The highest BCUT2D eigenvalue weighted by atomic mass is 19.1. The number of phenolic OH excluding ortho intramolecular Hbond substituents is 1. The second kappa shape index (κ2) is 5.11. The van der Waals surface area contributed by atoms with Crippen LogP contribution in [0.15, 0.2) is 18.2 Å². The Morgan fingerprint density at radius 3 is 2.45 bits per heavy atom. The molecule has 1 aromatic rings. The van der Waals surface area contributed by atoms with Gasteiger partial charge in [-0.3, -0.25) is 9.59 Å². The molecule has 5 nitrogen and oxygen atoms in total. The van der Waals surface area contributed by atoms with E-state index in [9.17, 15) is 19.1 Å². The van der Waals surface area contributed by atoms with Crippen molar-refractivity contribution < 1.29 is 24.2 Å². The number of likely N-dealkylation sites (tertiary alicyclic amines) is 1. The second-order valence-electron chi connectivity index (χ2n) is 5.32. The Bertz CT molecular complexity index is 550. The fraction of sp³-hybridized carbons (Fsp3) is 0.429. The Hall–Kier alpha value is -2.11. The maximum Gasteiger partial charge on any atom is 0.309 e. The summed E-state index contributed by atoms with van der Waals surface area (Å²) in [6.45, 7) is 2.20. The Labute approximate surface area is 115 Å². The summed E-state index contributed by atoms with van der Waals surface area (Å²) in [7, 11) is 0. The van der Waals surface area contributed by atoms with Crippen LogP contribution in [0.1, 0.15) is 30.1 Å². The molecule has 0 radical (unpaired) electrons. The molecule has 0 unspecified atom stereocenters. The highest BCUT2D eigenvalue weighted by Crippen LogP contribution is 2.32. The van der Waals surface area contributed by atoms with E-state index in [1.165, 1.54) is 4.90 Å².